The summed E-state index contributed by atoms with van der Waals surface area (Å²) in [6, 6.07) is 7.12. The van der Waals surface area contributed by atoms with Crippen LogP contribution in [0, 0.1) is 11.3 Å². The number of rotatable bonds is 7. The minimum Gasteiger partial charge on any atom is -0.507 e. The SMILES string of the molecule is CNC(=O)c1cc2c(cc1OCC1CC1)CN(CC(=O)c1cc(C(C)(C)C)c(O)c(C(C)(C)C)c1)C2=N. The molecule has 0 spiro atoms. The van der Waals surface area contributed by atoms with Crippen molar-refractivity contribution in [1.82, 2.24) is 10.2 Å². The number of hydrogen-bond donors (Lipinski definition) is 3. The van der Waals surface area contributed by atoms with Crippen LogP contribution in [0.4, 0.5) is 0 Å². The van der Waals surface area contributed by atoms with Gasteiger partial charge in [-0.05, 0) is 59.4 Å². The van der Waals surface area contributed by atoms with Gasteiger partial charge in [0.1, 0.15) is 17.3 Å². The maximum absolute atomic E-state index is 13.5. The quantitative estimate of drug-likeness (QED) is 0.451. The first kappa shape index (κ1) is 26.7. The van der Waals surface area contributed by atoms with Gasteiger partial charge in [-0.3, -0.25) is 15.0 Å². The normalized spacial score (nSPS) is 15.5. The van der Waals surface area contributed by atoms with Gasteiger partial charge in [-0.15, -0.1) is 0 Å². The lowest BCUT2D eigenvalue weighted by Crippen LogP contribution is -2.31. The Morgan fingerprint density at radius 2 is 1.65 bits per heavy atom. The fourth-order valence-electron chi connectivity index (χ4n) is 4.69. The Morgan fingerprint density at radius 1 is 1.05 bits per heavy atom. The smallest absolute Gasteiger partial charge is 0.254 e. The van der Waals surface area contributed by atoms with Crippen molar-refractivity contribution < 1.29 is 19.4 Å². The molecular formula is C30H39N3O4. The Hall–Kier alpha value is -3.35. The van der Waals surface area contributed by atoms with Crippen LogP contribution in [0.2, 0.25) is 0 Å². The number of ketones is 1. The molecule has 0 unspecified atom stereocenters. The topological polar surface area (TPSA) is 103 Å². The fourth-order valence-corrected chi connectivity index (χ4v) is 4.69. The number of Topliss-reactive ketones (excluding diaryl/α,β-unsaturated/α-hetero) is 1. The standard InChI is InChI=1S/C30H39N3O4/c1-29(2,3)22-10-18(11-23(26(22)35)30(4,5)6)24(34)15-33-14-19-12-25(37-16-17-8-9-17)21(28(36)32-7)13-20(19)27(33)31/h10-13,17,31,35H,8-9,14-16H2,1-7H3,(H,32,36). The van der Waals surface area contributed by atoms with Crippen LogP contribution in [0.3, 0.4) is 0 Å². The van der Waals surface area contributed by atoms with Gasteiger partial charge < -0.3 is 20.1 Å². The number of carbonyl (C=O) groups is 2. The number of fused-ring (bicyclic) bond motifs is 1. The number of carbonyl (C=O) groups excluding carboxylic acids is 2. The summed E-state index contributed by atoms with van der Waals surface area (Å²) >= 11 is 0. The van der Waals surface area contributed by atoms with Crippen molar-refractivity contribution in [3.8, 4) is 11.5 Å². The minimum atomic E-state index is -0.343. The largest absolute Gasteiger partial charge is 0.507 e. The molecule has 0 atom stereocenters. The van der Waals surface area contributed by atoms with E-state index in [-0.39, 0.29) is 40.7 Å². The maximum Gasteiger partial charge on any atom is 0.254 e. The number of phenols is 1. The van der Waals surface area contributed by atoms with Gasteiger partial charge >= 0.3 is 0 Å². The molecule has 7 nitrogen and oxygen atoms in total. The summed E-state index contributed by atoms with van der Waals surface area (Å²) in [6.07, 6.45) is 2.29. The Bertz CT molecular complexity index is 1230. The molecule has 1 aliphatic carbocycles. The predicted octanol–water partition coefficient (Wildman–Crippen LogP) is 5.16. The van der Waals surface area contributed by atoms with Gasteiger partial charge in [-0.2, -0.15) is 0 Å². The van der Waals surface area contributed by atoms with Crippen molar-refractivity contribution in [3.63, 3.8) is 0 Å². The van der Waals surface area contributed by atoms with Crippen LogP contribution >= 0.6 is 0 Å². The second-order valence-electron chi connectivity index (χ2n) is 12.4. The summed E-state index contributed by atoms with van der Waals surface area (Å²) in [4.78, 5) is 27.8. The molecule has 1 fully saturated rings. The lowest BCUT2D eigenvalue weighted by atomic mass is 9.78. The molecule has 2 aromatic carbocycles. The number of benzene rings is 2. The number of hydrogen-bond acceptors (Lipinski definition) is 5. The monoisotopic (exact) mass is 505 g/mol. The zero-order valence-electron chi connectivity index (χ0n) is 23.0. The average Bonchev–Trinajstić information content (AvgIpc) is 3.59. The molecule has 1 saturated carbocycles. The molecule has 1 aliphatic heterocycles. The highest BCUT2D eigenvalue weighted by molar-refractivity contribution is 6.07. The fraction of sp³-hybridized carbons (Fsp3) is 0.500. The molecule has 7 heteroatoms. The number of aromatic hydroxyl groups is 1. The summed E-state index contributed by atoms with van der Waals surface area (Å²) in [5, 5.41) is 22.4. The van der Waals surface area contributed by atoms with Gasteiger partial charge in [-0.1, -0.05) is 41.5 Å². The Balaban J connectivity index is 1.62. The molecule has 1 amide bonds. The van der Waals surface area contributed by atoms with Crippen LogP contribution in [-0.2, 0) is 17.4 Å². The first-order valence-corrected chi connectivity index (χ1v) is 13.0. The molecule has 198 valence electrons. The second-order valence-corrected chi connectivity index (χ2v) is 12.4. The van der Waals surface area contributed by atoms with E-state index >= 15 is 0 Å². The number of amidine groups is 1. The van der Waals surface area contributed by atoms with Crippen molar-refractivity contribution in [1.29, 1.82) is 5.41 Å². The number of phenolic OH excluding ortho intramolecular Hbond substituents is 1. The lowest BCUT2D eigenvalue weighted by molar-refractivity contribution is 0.0952. The Morgan fingerprint density at radius 3 is 2.16 bits per heavy atom. The third kappa shape index (κ3) is 5.50. The molecule has 1 heterocycles. The van der Waals surface area contributed by atoms with E-state index < -0.39 is 0 Å². The average molecular weight is 506 g/mol. The molecule has 0 radical (unpaired) electrons. The summed E-state index contributed by atoms with van der Waals surface area (Å²) in [5.41, 5.74) is 3.22. The van der Waals surface area contributed by atoms with Gasteiger partial charge in [0.15, 0.2) is 5.78 Å². The van der Waals surface area contributed by atoms with E-state index in [4.69, 9.17) is 10.1 Å². The van der Waals surface area contributed by atoms with Gasteiger partial charge in [0.25, 0.3) is 5.91 Å². The number of amides is 1. The van der Waals surface area contributed by atoms with E-state index in [9.17, 15) is 14.7 Å². The summed E-state index contributed by atoms with van der Waals surface area (Å²) in [6.45, 7) is 13.1. The highest BCUT2D eigenvalue weighted by Crippen LogP contribution is 2.40. The molecule has 3 N–H and O–H groups in total. The van der Waals surface area contributed by atoms with Crippen LogP contribution in [0.1, 0.15) is 97.4 Å². The van der Waals surface area contributed by atoms with E-state index in [0.717, 1.165) is 29.5 Å². The van der Waals surface area contributed by atoms with Gasteiger partial charge in [-0.25, -0.2) is 0 Å². The van der Waals surface area contributed by atoms with Crippen molar-refractivity contribution >= 4 is 17.5 Å². The molecule has 4 rings (SSSR count). The van der Waals surface area contributed by atoms with Crippen LogP contribution in [-0.4, -0.2) is 47.7 Å². The highest BCUT2D eigenvalue weighted by atomic mass is 16.5. The van der Waals surface area contributed by atoms with Crippen LogP contribution in [0.25, 0.3) is 0 Å². The minimum absolute atomic E-state index is 0.0268. The maximum atomic E-state index is 13.5. The molecule has 0 aromatic heterocycles. The zero-order chi connectivity index (χ0) is 27.3. The van der Waals surface area contributed by atoms with Crippen LogP contribution < -0.4 is 10.1 Å². The van der Waals surface area contributed by atoms with Crippen molar-refractivity contribution in [3.05, 3.63) is 57.6 Å². The summed E-state index contributed by atoms with van der Waals surface area (Å²) in [5.74, 6) is 1.13. The third-order valence-corrected chi connectivity index (χ3v) is 7.16. The molecule has 0 bridgehead atoms. The first-order chi connectivity index (χ1) is 17.2. The number of nitrogens with zero attached hydrogens (tertiary/aromatic N) is 1. The predicted molar refractivity (Wildman–Crippen MR) is 145 cm³/mol. The van der Waals surface area contributed by atoms with Crippen molar-refractivity contribution in [2.45, 2.75) is 71.8 Å². The van der Waals surface area contributed by atoms with Crippen LogP contribution in [0.15, 0.2) is 24.3 Å². The summed E-state index contributed by atoms with van der Waals surface area (Å²) < 4.78 is 5.99. The van der Waals surface area contributed by atoms with E-state index in [0.29, 0.717) is 41.5 Å². The Kier molecular flexibility index (Phi) is 6.86. The van der Waals surface area contributed by atoms with Crippen molar-refractivity contribution in [2.75, 3.05) is 20.2 Å². The second kappa shape index (κ2) is 9.51. The number of ether oxygens (including phenoxy) is 1. The van der Waals surface area contributed by atoms with Gasteiger partial charge in [0.2, 0.25) is 0 Å². The van der Waals surface area contributed by atoms with Crippen LogP contribution in [0.5, 0.6) is 11.5 Å². The molecule has 0 saturated heterocycles. The molecular weight excluding hydrogens is 466 g/mol. The lowest BCUT2D eigenvalue weighted by Gasteiger charge is -2.28. The zero-order valence-corrected chi connectivity index (χ0v) is 23.0. The summed E-state index contributed by atoms with van der Waals surface area (Å²) in [7, 11) is 1.58. The molecule has 2 aliphatic rings. The molecule has 37 heavy (non-hydrogen) atoms. The Labute approximate surface area is 219 Å². The third-order valence-electron chi connectivity index (χ3n) is 7.16. The van der Waals surface area contributed by atoms with Gasteiger partial charge in [0, 0.05) is 35.8 Å². The number of nitrogens with one attached hydrogen (secondary N) is 2. The van der Waals surface area contributed by atoms with Crippen molar-refractivity contribution in [2.24, 2.45) is 5.92 Å². The van der Waals surface area contributed by atoms with E-state index in [1.165, 1.54) is 0 Å². The van der Waals surface area contributed by atoms with Gasteiger partial charge in [0.05, 0.1) is 18.7 Å². The van der Waals surface area contributed by atoms with E-state index in [1.807, 2.05) is 47.6 Å². The highest BCUT2D eigenvalue weighted by Gasteiger charge is 2.32. The first-order valence-electron chi connectivity index (χ1n) is 13.0. The van der Waals surface area contributed by atoms with E-state index in [1.54, 1.807) is 30.1 Å². The molecule has 2 aromatic rings. The van der Waals surface area contributed by atoms with E-state index in [2.05, 4.69) is 5.32 Å².